The van der Waals surface area contributed by atoms with Crippen LogP contribution in [0.2, 0.25) is 0 Å². The van der Waals surface area contributed by atoms with Crippen LogP contribution in [0.3, 0.4) is 0 Å². The number of amides is 1. The lowest BCUT2D eigenvalue weighted by Gasteiger charge is -2.60. The standard InChI is InChI=1S/C53H63N3O10S/c1-5-26-55(50(59)31-37-12-11-14-41(30-37)62-3)49-34-47(54-64-35-36-16-18-39(19-17-36)56(60)61)45-32-38(13-7-9-27-57)44(15-8-10-28-58)51-46-33-42(65-40-20-23-43(67-4)24-21-40)22-25-48(46)66-53(49,52(45)51)63-29-6-2/h6,11-12,14,16-25,30,32-33,38,44,49,51-52,57-58H,2,5,7-10,13,15,26-29,31,34-35H2,1,3-4H3/t38-,44+,49-,51+,52+,53+/m0/s1. The molecule has 2 aliphatic carbocycles. The van der Waals surface area contributed by atoms with E-state index in [1.54, 1.807) is 37.1 Å². The average Bonchev–Trinajstić information content (AvgIpc) is 3.34. The molecule has 0 spiro atoms. The van der Waals surface area contributed by atoms with Gasteiger partial charge in [0.15, 0.2) is 0 Å². The Morgan fingerprint density at radius 1 is 0.970 bits per heavy atom. The van der Waals surface area contributed by atoms with Crippen molar-refractivity contribution in [1.82, 2.24) is 4.90 Å². The summed E-state index contributed by atoms with van der Waals surface area (Å²) in [6.45, 7) is 6.86. The maximum absolute atomic E-state index is 15.0. The number of unbranched alkanes of at least 4 members (excludes halogenated alkanes) is 2. The molecule has 0 aromatic heterocycles. The Kier molecular flexibility index (Phi) is 17.2. The molecule has 1 aliphatic heterocycles. The second-order valence-electron chi connectivity index (χ2n) is 17.4. The molecule has 1 saturated carbocycles. The molecule has 0 bridgehead atoms. The average molecular weight is 934 g/mol. The number of ether oxygens (including phenoxy) is 4. The number of fused-ring (bicyclic) bond motifs is 2. The third-order valence-electron chi connectivity index (χ3n) is 13.1. The van der Waals surface area contributed by atoms with E-state index >= 15 is 4.79 Å². The molecule has 2 N–H and O–H groups in total. The number of carbonyl (C=O) groups is 1. The van der Waals surface area contributed by atoms with E-state index in [2.05, 4.69) is 18.7 Å². The van der Waals surface area contributed by atoms with E-state index in [0.29, 0.717) is 60.1 Å². The van der Waals surface area contributed by atoms with Crippen LogP contribution in [-0.4, -0.2) is 83.2 Å². The SMILES string of the molecule is C=CCO[C@@]12Oc3ccc(Oc4ccc(SC)cc4)cc3[C@H]3[C@H](CCCCO)[C@@H](CCCCO)C=C(C(=NOCc4ccc([N+](=O)[O-])cc4)C[C@@H]1N(CCC)C(=O)Cc1cccc(OC)c1)[C@H]32. The van der Waals surface area contributed by atoms with Crippen molar-refractivity contribution in [3.63, 3.8) is 0 Å². The number of thioether (sulfide) groups is 1. The molecule has 67 heavy (non-hydrogen) atoms. The molecule has 14 heteroatoms. The van der Waals surface area contributed by atoms with E-state index in [9.17, 15) is 20.3 Å². The van der Waals surface area contributed by atoms with Crippen molar-refractivity contribution in [3.05, 3.63) is 142 Å². The Morgan fingerprint density at radius 3 is 2.40 bits per heavy atom. The first kappa shape index (κ1) is 49.2. The highest BCUT2D eigenvalue weighted by atomic mass is 32.2. The van der Waals surface area contributed by atoms with Gasteiger partial charge in [-0.3, -0.25) is 14.9 Å². The summed E-state index contributed by atoms with van der Waals surface area (Å²) >= 11 is 1.66. The predicted octanol–water partition coefficient (Wildman–Crippen LogP) is 10.4. The summed E-state index contributed by atoms with van der Waals surface area (Å²) in [6, 6.07) is 27.0. The molecular formula is C53H63N3O10S. The van der Waals surface area contributed by atoms with Crippen LogP contribution in [0.25, 0.3) is 0 Å². The van der Waals surface area contributed by atoms with E-state index in [1.165, 1.54) is 12.1 Å². The van der Waals surface area contributed by atoms with E-state index in [0.717, 1.165) is 47.3 Å². The zero-order valence-corrected chi connectivity index (χ0v) is 39.5. The van der Waals surface area contributed by atoms with Crippen LogP contribution in [-0.2, 0) is 27.4 Å². The van der Waals surface area contributed by atoms with Crippen LogP contribution >= 0.6 is 11.8 Å². The van der Waals surface area contributed by atoms with Gasteiger partial charge in [-0.05, 0) is 134 Å². The van der Waals surface area contributed by atoms with Gasteiger partial charge in [0.2, 0.25) is 11.7 Å². The lowest BCUT2D eigenvalue weighted by Crippen LogP contribution is -2.70. The first-order valence-corrected chi connectivity index (χ1v) is 24.6. The zero-order chi connectivity index (χ0) is 47.3. The third-order valence-corrected chi connectivity index (χ3v) is 13.9. The highest BCUT2D eigenvalue weighted by Crippen LogP contribution is 2.62. The van der Waals surface area contributed by atoms with Crippen molar-refractivity contribution >= 4 is 29.1 Å². The smallest absolute Gasteiger partial charge is 0.269 e. The first-order valence-electron chi connectivity index (χ1n) is 23.3. The number of oxime groups is 1. The third kappa shape index (κ3) is 11.4. The number of methoxy groups -OCH3 is 1. The molecule has 1 amide bonds. The van der Waals surface area contributed by atoms with Gasteiger partial charge in [0, 0.05) is 54.7 Å². The van der Waals surface area contributed by atoms with E-state index < -0.39 is 22.7 Å². The lowest BCUT2D eigenvalue weighted by atomic mass is 9.55. The largest absolute Gasteiger partial charge is 0.497 e. The van der Waals surface area contributed by atoms with Gasteiger partial charge in [0.1, 0.15) is 35.6 Å². The summed E-state index contributed by atoms with van der Waals surface area (Å²) in [6.07, 6.45) is 11.5. The summed E-state index contributed by atoms with van der Waals surface area (Å²) in [5, 5.41) is 36.3. The fraction of sp³-hybridized carbons (Fsp3) is 0.434. The number of rotatable bonds is 24. The van der Waals surface area contributed by atoms with Gasteiger partial charge in [-0.1, -0.05) is 49.2 Å². The van der Waals surface area contributed by atoms with Gasteiger partial charge < -0.3 is 38.9 Å². The Balaban J connectivity index is 1.42. The zero-order valence-electron chi connectivity index (χ0n) is 38.7. The number of aliphatic hydroxyl groups excluding tert-OH is 2. The van der Waals surface area contributed by atoms with Gasteiger partial charge in [-0.15, -0.1) is 18.3 Å². The quantitative estimate of drug-likeness (QED) is 0.0226. The van der Waals surface area contributed by atoms with Crippen molar-refractivity contribution in [2.24, 2.45) is 22.9 Å². The molecular weight excluding hydrogens is 871 g/mol. The fourth-order valence-electron chi connectivity index (χ4n) is 10.1. The van der Waals surface area contributed by atoms with E-state index in [4.69, 9.17) is 28.9 Å². The van der Waals surface area contributed by atoms with Crippen LogP contribution in [0.5, 0.6) is 23.0 Å². The van der Waals surface area contributed by atoms with Crippen molar-refractivity contribution in [2.75, 3.05) is 39.7 Å². The molecule has 13 nitrogen and oxygen atoms in total. The summed E-state index contributed by atoms with van der Waals surface area (Å²) in [5.74, 6) is 0.416. The Hall–Kier alpha value is -5.67. The molecule has 7 rings (SSSR count). The molecule has 3 aliphatic rings. The second-order valence-corrected chi connectivity index (χ2v) is 18.2. The number of non-ortho nitro benzene ring substituents is 1. The molecule has 356 valence electrons. The lowest BCUT2D eigenvalue weighted by molar-refractivity contribution is -0.384. The molecule has 4 aromatic carbocycles. The number of hydrogen-bond acceptors (Lipinski definition) is 12. The van der Waals surface area contributed by atoms with Crippen molar-refractivity contribution in [1.29, 1.82) is 0 Å². The van der Waals surface area contributed by atoms with Gasteiger partial charge in [-0.25, -0.2) is 0 Å². The number of nitrogens with zero attached hydrogens (tertiary/aromatic N) is 3. The number of hydrogen-bond donors (Lipinski definition) is 2. The summed E-state index contributed by atoms with van der Waals surface area (Å²) in [7, 11) is 1.60. The second kappa shape index (κ2) is 23.4. The number of allylic oxidation sites excluding steroid dienone is 1. The minimum atomic E-state index is -1.42. The Bertz CT molecular complexity index is 2370. The van der Waals surface area contributed by atoms with Crippen LogP contribution in [0.4, 0.5) is 5.69 Å². The monoisotopic (exact) mass is 933 g/mol. The maximum atomic E-state index is 15.0. The van der Waals surface area contributed by atoms with Gasteiger partial charge >= 0.3 is 0 Å². The highest BCUT2D eigenvalue weighted by Gasteiger charge is 2.65. The molecule has 6 atom stereocenters. The summed E-state index contributed by atoms with van der Waals surface area (Å²) < 4.78 is 26.7. The number of nitro groups is 1. The van der Waals surface area contributed by atoms with Gasteiger partial charge in [0.25, 0.3) is 5.69 Å². The summed E-state index contributed by atoms with van der Waals surface area (Å²) in [4.78, 5) is 35.2. The molecule has 1 heterocycles. The molecule has 0 saturated heterocycles. The number of benzene rings is 4. The normalized spacial score (nSPS) is 22.1. The van der Waals surface area contributed by atoms with Crippen LogP contribution in [0.15, 0.2) is 125 Å². The van der Waals surface area contributed by atoms with E-state index in [1.807, 2.05) is 78.7 Å². The molecule has 0 radical (unpaired) electrons. The predicted molar refractivity (Wildman–Crippen MR) is 260 cm³/mol. The highest BCUT2D eigenvalue weighted by molar-refractivity contribution is 7.98. The minimum Gasteiger partial charge on any atom is -0.497 e. The van der Waals surface area contributed by atoms with Crippen molar-refractivity contribution < 1.29 is 43.7 Å². The topological polar surface area (TPSA) is 162 Å². The van der Waals surface area contributed by atoms with E-state index in [-0.39, 0.29) is 68.6 Å². The Labute approximate surface area is 397 Å². The number of aliphatic hydroxyl groups is 2. The van der Waals surface area contributed by atoms with Gasteiger partial charge in [-0.2, -0.15) is 0 Å². The van der Waals surface area contributed by atoms with Crippen LogP contribution < -0.4 is 14.2 Å². The minimum absolute atomic E-state index is 0.0190. The van der Waals surface area contributed by atoms with Crippen LogP contribution in [0.1, 0.15) is 80.9 Å². The molecule has 0 unspecified atom stereocenters. The maximum Gasteiger partial charge on any atom is 0.269 e. The number of nitro benzene ring substituents is 1. The summed E-state index contributed by atoms with van der Waals surface area (Å²) in [5.41, 5.74) is 4.00. The molecule has 1 fully saturated rings. The molecule has 4 aromatic rings. The number of carbonyl (C=O) groups excluding carboxylic acids is 1. The van der Waals surface area contributed by atoms with Gasteiger partial charge in [0.05, 0.1) is 36.7 Å². The van der Waals surface area contributed by atoms with Crippen molar-refractivity contribution in [2.45, 2.75) is 94.0 Å². The van der Waals surface area contributed by atoms with Crippen molar-refractivity contribution in [3.8, 4) is 23.0 Å². The fourth-order valence-corrected chi connectivity index (χ4v) is 10.6. The Morgan fingerprint density at radius 2 is 1.72 bits per heavy atom. The van der Waals surface area contributed by atoms with Crippen LogP contribution in [0, 0.1) is 27.9 Å². The first-order chi connectivity index (χ1) is 32.7.